The van der Waals surface area contributed by atoms with Crippen molar-refractivity contribution < 1.29 is 9.90 Å². The van der Waals surface area contributed by atoms with Crippen molar-refractivity contribution in [3.63, 3.8) is 0 Å². The lowest BCUT2D eigenvalue weighted by molar-refractivity contribution is -0.118. The molecule has 0 saturated heterocycles. The molecule has 1 aliphatic rings. The van der Waals surface area contributed by atoms with Crippen LogP contribution < -0.4 is 10.9 Å². The maximum absolute atomic E-state index is 12.4. The molecule has 1 heterocycles. The molecular formula is C18H14BN3O2. The molecule has 6 heteroatoms. The number of aliphatic hydroxyl groups is 1. The van der Waals surface area contributed by atoms with Crippen LogP contribution in [0.5, 0.6) is 0 Å². The summed E-state index contributed by atoms with van der Waals surface area (Å²) < 4.78 is 0. The van der Waals surface area contributed by atoms with Crippen molar-refractivity contribution in [1.82, 2.24) is 10.3 Å². The fraction of sp³-hybridized carbons (Fsp3) is 0.167. The minimum absolute atomic E-state index is 0.0929. The summed E-state index contributed by atoms with van der Waals surface area (Å²) in [6.07, 6.45) is 1.14. The van der Waals surface area contributed by atoms with Gasteiger partial charge < -0.3 is 10.4 Å². The Morgan fingerprint density at radius 1 is 1.33 bits per heavy atom. The zero-order valence-corrected chi connectivity index (χ0v) is 12.8. The summed E-state index contributed by atoms with van der Waals surface area (Å²) in [5.41, 5.74) is 2.51. The molecule has 0 spiro atoms. The van der Waals surface area contributed by atoms with Gasteiger partial charge in [0.1, 0.15) is 19.5 Å². The van der Waals surface area contributed by atoms with Crippen LogP contribution in [-0.4, -0.2) is 29.9 Å². The van der Waals surface area contributed by atoms with Gasteiger partial charge in [0.05, 0.1) is 17.8 Å². The smallest absolute Gasteiger partial charge is 0.262 e. The Labute approximate surface area is 141 Å². The van der Waals surface area contributed by atoms with Gasteiger partial charge in [-0.05, 0) is 28.9 Å². The van der Waals surface area contributed by atoms with E-state index in [-0.39, 0.29) is 5.57 Å². The fourth-order valence-electron chi connectivity index (χ4n) is 2.81. The summed E-state index contributed by atoms with van der Waals surface area (Å²) in [5.74, 6) is -0.553. The Morgan fingerprint density at radius 3 is 2.88 bits per heavy atom. The van der Waals surface area contributed by atoms with E-state index in [4.69, 9.17) is 7.85 Å². The van der Waals surface area contributed by atoms with E-state index in [9.17, 15) is 15.2 Å². The van der Waals surface area contributed by atoms with Crippen LogP contribution in [0.1, 0.15) is 22.9 Å². The standard InChI is InChI=1S/C18H14BN3O2/c19-16-7-3-5-13(21-16)8-12(10-20)18(24)22-17-14-6-2-1-4-11(14)9-15(17)23/h1-8,15,17,23H,9H2,(H,22,24)/b12-8+/t15-,17+/m0/s1. The molecular weight excluding hydrogens is 301 g/mol. The number of nitrogens with zero attached hydrogens (tertiary/aromatic N) is 2. The molecule has 0 bridgehead atoms. The molecule has 1 aromatic heterocycles. The first-order valence-electron chi connectivity index (χ1n) is 7.49. The molecule has 2 N–H and O–H groups in total. The van der Waals surface area contributed by atoms with Crippen LogP contribution >= 0.6 is 0 Å². The topological polar surface area (TPSA) is 86.0 Å². The molecule has 1 amide bonds. The van der Waals surface area contributed by atoms with Gasteiger partial charge in [-0.25, -0.2) is 0 Å². The summed E-state index contributed by atoms with van der Waals surface area (Å²) in [6.45, 7) is 0. The third kappa shape index (κ3) is 3.22. The Hall–Kier alpha value is -2.91. The molecule has 5 nitrogen and oxygen atoms in total. The Bertz CT molecular complexity index is 857. The average molecular weight is 315 g/mol. The maximum Gasteiger partial charge on any atom is 0.262 e. The first-order chi connectivity index (χ1) is 11.6. The number of carbonyl (C=O) groups is 1. The SMILES string of the molecule is [B]c1cccc(/C=C(\C#N)C(=O)N[C@@H]2c3ccccc3C[C@@H]2O)n1. The molecule has 24 heavy (non-hydrogen) atoms. The lowest BCUT2D eigenvalue weighted by atomic mass is 10.0. The van der Waals surface area contributed by atoms with Crippen LogP contribution in [0.15, 0.2) is 48.0 Å². The average Bonchev–Trinajstić information content (AvgIpc) is 2.88. The lowest BCUT2D eigenvalue weighted by Gasteiger charge is -2.17. The third-order valence-electron chi connectivity index (χ3n) is 3.94. The number of fused-ring (bicyclic) bond motifs is 1. The molecule has 2 radical (unpaired) electrons. The lowest BCUT2D eigenvalue weighted by Crippen LogP contribution is -2.34. The highest BCUT2D eigenvalue weighted by atomic mass is 16.3. The third-order valence-corrected chi connectivity index (χ3v) is 3.94. The van der Waals surface area contributed by atoms with Crippen LogP contribution in [0.3, 0.4) is 0 Å². The number of aliphatic hydroxyl groups excluding tert-OH is 1. The number of nitrogens with one attached hydrogen (secondary N) is 1. The van der Waals surface area contributed by atoms with Crippen LogP contribution in [-0.2, 0) is 11.2 Å². The second-order valence-electron chi connectivity index (χ2n) is 5.58. The van der Waals surface area contributed by atoms with E-state index in [1.54, 1.807) is 18.2 Å². The first-order valence-corrected chi connectivity index (χ1v) is 7.49. The molecule has 2 atom stereocenters. The molecule has 3 rings (SSSR count). The molecule has 0 unspecified atom stereocenters. The van der Waals surface area contributed by atoms with Crippen molar-refractivity contribution in [2.75, 3.05) is 0 Å². The van der Waals surface area contributed by atoms with Gasteiger partial charge in [0.15, 0.2) is 0 Å². The fourth-order valence-corrected chi connectivity index (χ4v) is 2.81. The number of pyridine rings is 1. The van der Waals surface area contributed by atoms with Gasteiger partial charge in [-0.3, -0.25) is 9.78 Å². The number of aromatic nitrogens is 1. The Kier molecular flexibility index (Phi) is 4.45. The van der Waals surface area contributed by atoms with Gasteiger partial charge in [0, 0.05) is 6.42 Å². The van der Waals surface area contributed by atoms with Crippen LogP contribution in [0.4, 0.5) is 0 Å². The normalized spacial score (nSPS) is 19.4. The van der Waals surface area contributed by atoms with Gasteiger partial charge in [-0.1, -0.05) is 36.4 Å². The van der Waals surface area contributed by atoms with E-state index in [1.807, 2.05) is 30.3 Å². The predicted molar refractivity (Wildman–Crippen MR) is 90.3 cm³/mol. The largest absolute Gasteiger partial charge is 0.390 e. The van der Waals surface area contributed by atoms with Crippen LogP contribution in [0, 0.1) is 11.3 Å². The summed E-state index contributed by atoms with van der Waals surface area (Å²) in [5, 5.41) is 22.2. The van der Waals surface area contributed by atoms with Crippen molar-refractivity contribution in [3.8, 4) is 6.07 Å². The highest BCUT2D eigenvalue weighted by Crippen LogP contribution is 2.31. The number of benzene rings is 1. The minimum atomic E-state index is -0.711. The zero-order chi connectivity index (χ0) is 17.1. The predicted octanol–water partition coefficient (Wildman–Crippen LogP) is 0.557. The Balaban J connectivity index is 1.82. The second-order valence-corrected chi connectivity index (χ2v) is 5.58. The number of hydrogen-bond acceptors (Lipinski definition) is 4. The number of amides is 1. The zero-order valence-electron chi connectivity index (χ0n) is 12.8. The molecule has 116 valence electrons. The number of carbonyl (C=O) groups excluding carboxylic acids is 1. The molecule has 2 aromatic rings. The second kappa shape index (κ2) is 6.69. The molecule has 1 aliphatic carbocycles. The molecule has 0 aliphatic heterocycles. The van der Waals surface area contributed by atoms with Crippen LogP contribution in [0.2, 0.25) is 0 Å². The van der Waals surface area contributed by atoms with Crippen molar-refractivity contribution in [3.05, 3.63) is 64.9 Å². The summed E-state index contributed by atoms with van der Waals surface area (Å²) in [4.78, 5) is 16.4. The van der Waals surface area contributed by atoms with Crippen molar-refractivity contribution in [2.45, 2.75) is 18.6 Å². The van der Waals surface area contributed by atoms with Gasteiger partial charge >= 0.3 is 0 Å². The summed E-state index contributed by atoms with van der Waals surface area (Å²) in [7, 11) is 5.60. The summed E-state index contributed by atoms with van der Waals surface area (Å²) >= 11 is 0. The molecule has 0 saturated carbocycles. The van der Waals surface area contributed by atoms with Crippen LogP contribution in [0.25, 0.3) is 6.08 Å². The number of nitriles is 1. The van der Waals surface area contributed by atoms with E-state index in [1.165, 1.54) is 6.08 Å². The molecule has 1 aromatic carbocycles. The summed E-state index contributed by atoms with van der Waals surface area (Å²) in [6, 6.07) is 13.8. The van der Waals surface area contributed by atoms with Gasteiger partial charge in [0.2, 0.25) is 0 Å². The van der Waals surface area contributed by atoms with E-state index in [0.29, 0.717) is 17.7 Å². The monoisotopic (exact) mass is 315 g/mol. The maximum atomic E-state index is 12.4. The van der Waals surface area contributed by atoms with Crippen molar-refractivity contribution in [1.29, 1.82) is 5.26 Å². The first kappa shape index (κ1) is 16.0. The van der Waals surface area contributed by atoms with E-state index >= 15 is 0 Å². The highest BCUT2D eigenvalue weighted by molar-refractivity contribution is 6.30. The number of hydrogen-bond donors (Lipinski definition) is 2. The van der Waals surface area contributed by atoms with Gasteiger partial charge in [-0.15, -0.1) is 0 Å². The van der Waals surface area contributed by atoms with E-state index < -0.39 is 18.1 Å². The van der Waals surface area contributed by atoms with E-state index in [2.05, 4.69) is 10.3 Å². The quantitative estimate of drug-likeness (QED) is 0.492. The van der Waals surface area contributed by atoms with Crippen molar-refractivity contribution in [2.24, 2.45) is 0 Å². The number of rotatable bonds is 3. The van der Waals surface area contributed by atoms with Gasteiger partial charge in [0.25, 0.3) is 5.91 Å². The Morgan fingerprint density at radius 2 is 2.12 bits per heavy atom. The van der Waals surface area contributed by atoms with E-state index in [0.717, 1.165) is 11.1 Å². The van der Waals surface area contributed by atoms with Gasteiger partial charge in [-0.2, -0.15) is 5.26 Å². The van der Waals surface area contributed by atoms with Crippen molar-refractivity contribution >= 4 is 25.4 Å². The minimum Gasteiger partial charge on any atom is -0.390 e. The highest BCUT2D eigenvalue weighted by Gasteiger charge is 2.32. The molecule has 0 fully saturated rings.